The Balaban J connectivity index is 1.56. The fraction of sp³-hybridized carbons (Fsp3) is 0.190. The van der Waals surface area contributed by atoms with Crippen LogP contribution >= 0.6 is 11.3 Å². The van der Waals surface area contributed by atoms with Crippen LogP contribution in [0.3, 0.4) is 0 Å². The molecule has 0 radical (unpaired) electrons. The lowest BCUT2D eigenvalue weighted by Crippen LogP contribution is -2.38. The molecule has 0 atom stereocenters. The van der Waals surface area contributed by atoms with Crippen molar-refractivity contribution >= 4 is 17.4 Å². The first-order valence-corrected chi connectivity index (χ1v) is 9.35. The highest BCUT2D eigenvalue weighted by atomic mass is 32.1. The Morgan fingerprint density at radius 3 is 2.04 bits per heavy atom. The van der Waals surface area contributed by atoms with Gasteiger partial charge >= 0.3 is 6.03 Å². The van der Waals surface area contributed by atoms with Gasteiger partial charge in [0.05, 0.1) is 0 Å². The molecule has 0 spiro atoms. The molecule has 25 heavy (non-hydrogen) atoms. The summed E-state index contributed by atoms with van der Waals surface area (Å²) in [4.78, 5) is 13.4. The van der Waals surface area contributed by atoms with Gasteiger partial charge in [-0.15, -0.1) is 11.3 Å². The van der Waals surface area contributed by atoms with E-state index in [9.17, 15) is 4.79 Å². The Labute approximate surface area is 152 Å². The lowest BCUT2D eigenvalue weighted by molar-refractivity contribution is 0.240. The molecule has 0 saturated heterocycles. The maximum atomic E-state index is 12.1. The zero-order chi connectivity index (χ0) is 17.3. The lowest BCUT2D eigenvalue weighted by atomic mass is 9.91. The first-order chi connectivity index (χ1) is 12.3. The van der Waals surface area contributed by atoms with Gasteiger partial charge in [-0.3, -0.25) is 0 Å². The molecule has 0 fully saturated rings. The first kappa shape index (κ1) is 17.2. The van der Waals surface area contributed by atoms with E-state index < -0.39 is 0 Å². The van der Waals surface area contributed by atoms with Crippen molar-refractivity contribution in [3.8, 4) is 0 Å². The highest BCUT2D eigenvalue weighted by Crippen LogP contribution is 2.23. The third kappa shape index (κ3) is 5.19. The van der Waals surface area contributed by atoms with Crippen molar-refractivity contribution in [2.45, 2.75) is 12.3 Å². The Bertz CT molecular complexity index is 718. The predicted octanol–water partition coefficient (Wildman–Crippen LogP) is 4.42. The zero-order valence-corrected chi connectivity index (χ0v) is 14.8. The fourth-order valence-electron chi connectivity index (χ4n) is 2.81. The van der Waals surface area contributed by atoms with Crippen molar-refractivity contribution in [2.75, 3.05) is 13.1 Å². The number of thiophene rings is 1. The van der Waals surface area contributed by atoms with Gasteiger partial charge in [0, 0.05) is 23.9 Å². The van der Waals surface area contributed by atoms with E-state index in [0.29, 0.717) is 13.1 Å². The largest absolute Gasteiger partial charge is 0.338 e. The first-order valence-electron chi connectivity index (χ1n) is 8.47. The molecule has 2 N–H and O–H groups in total. The van der Waals surface area contributed by atoms with Gasteiger partial charge in [0.1, 0.15) is 0 Å². The lowest BCUT2D eigenvalue weighted by Gasteiger charge is -2.19. The number of urea groups is 1. The summed E-state index contributed by atoms with van der Waals surface area (Å²) in [7, 11) is 0. The Kier molecular flexibility index (Phi) is 6.23. The summed E-state index contributed by atoms with van der Waals surface area (Å²) in [6.07, 6.45) is 0.867. The molecule has 0 saturated carbocycles. The minimum absolute atomic E-state index is 0.117. The number of nitrogens with one attached hydrogen (secondary N) is 2. The summed E-state index contributed by atoms with van der Waals surface area (Å²) < 4.78 is 0. The molecule has 2 aromatic carbocycles. The molecule has 0 unspecified atom stereocenters. The molecule has 0 aliphatic heterocycles. The van der Waals surface area contributed by atoms with Crippen LogP contribution < -0.4 is 10.6 Å². The van der Waals surface area contributed by atoms with Gasteiger partial charge in [0.2, 0.25) is 0 Å². The van der Waals surface area contributed by atoms with Crippen LogP contribution in [0.4, 0.5) is 4.79 Å². The van der Waals surface area contributed by atoms with Gasteiger partial charge in [-0.25, -0.2) is 4.79 Å². The van der Waals surface area contributed by atoms with Gasteiger partial charge in [-0.05, 0) is 29.0 Å². The van der Waals surface area contributed by atoms with E-state index in [4.69, 9.17) is 0 Å². The van der Waals surface area contributed by atoms with E-state index in [1.54, 1.807) is 11.3 Å². The van der Waals surface area contributed by atoms with Crippen molar-refractivity contribution in [1.29, 1.82) is 0 Å². The zero-order valence-electron chi connectivity index (χ0n) is 14.0. The molecular formula is C21H22N2OS. The van der Waals surface area contributed by atoms with E-state index in [1.807, 2.05) is 42.5 Å². The smallest absolute Gasteiger partial charge is 0.314 e. The van der Waals surface area contributed by atoms with Crippen molar-refractivity contribution < 1.29 is 4.79 Å². The second kappa shape index (κ2) is 9.04. The van der Waals surface area contributed by atoms with Crippen molar-refractivity contribution in [3.05, 3.63) is 94.2 Å². The number of hydrogen-bond donors (Lipinski definition) is 2. The minimum atomic E-state index is -0.117. The molecule has 2 amide bonds. The highest BCUT2D eigenvalue weighted by Gasteiger charge is 2.14. The third-order valence-corrected chi connectivity index (χ3v) is 5.04. The molecule has 3 rings (SSSR count). The van der Waals surface area contributed by atoms with Crippen LogP contribution in [0.25, 0.3) is 0 Å². The number of amides is 2. The molecule has 3 nitrogen and oxygen atoms in total. The highest BCUT2D eigenvalue weighted by molar-refractivity contribution is 7.09. The maximum absolute atomic E-state index is 12.1. The van der Waals surface area contributed by atoms with Crippen LogP contribution in [-0.4, -0.2) is 19.1 Å². The monoisotopic (exact) mass is 350 g/mol. The average molecular weight is 350 g/mol. The van der Waals surface area contributed by atoms with Gasteiger partial charge in [0.25, 0.3) is 0 Å². The summed E-state index contributed by atoms with van der Waals surface area (Å²) in [5.74, 6) is 0.144. The van der Waals surface area contributed by atoms with Crippen molar-refractivity contribution in [2.24, 2.45) is 0 Å². The van der Waals surface area contributed by atoms with Gasteiger partial charge in [-0.2, -0.15) is 0 Å². The van der Waals surface area contributed by atoms with E-state index in [-0.39, 0.29) is 11.9 Å². The van der Waals surface area contributed by atoms with E-state index >= 15 is 0 Å². The molecule has 1 heterocycles. The number of rotatable bonds is 7. The van der Waals surface area contributed by atoms with Crippen LogP contribution in [0.5, 0.6) is 0 Å². The molecule has 128 valence electrons. The van der Waals surface area contributed by atoms with Crippen LogP contribution in [0.15, 0.2) is 78.2 Å². The van der Waals surface area contributed by atoms with E-state index in [1.165, 1.54) is 16.0 Å². The van der Waals surface area contributed by atoms with Gasteiger partial charge in [-0.1, -0.05) is 66.7 Å². The molecular weight excluding hydrogens is 328 g/mol. The summed E-state index contributed by atoms with van der Waals surface area (Å²) in [6, 6.07) is 24.6. The Morgan fingerprint density at radius 2 is 1.48 bits per heavy atom. The number of carbonyl (C=O) groups excluding carboxylic acids is 1. The SMILES string of the molecule is O=C(NCCc1cccs1)NCC(c1ccccc1)c1ccccc1. The quantitative estimate of drug-likeness (QED) is 0.650. The van der Waals surface area contributed by atoms with Crippen LogP contribution in [-0.2, 0) is 6.42 Å². The normalized spacial score (nSPS) is 10.6. The number of carbonyl (C=O) groups is 1. The topological polar surface area (TPSA) is 41.1 Å². The third-order valence-electron chi connectivity index (χ3n) is 4.11. The summed E-state index contributed by atoms with van der Waals surface area (Å²) >= 11 is 1.72. The van der Waals surface area contributed by atoms with Crippen LogP contribution in [0.1, 0.15) is 21.9 Å². The standard InChI is InChI=1S/C21H22N2OS/c24-21(22-14-13-19-12-7-15-25-19)23-16-20(17-8-3-1-4-9-17)18-10-5-2-6-11-18/h1-12,15,20H,13-14,16H2,(H2,22,23,24). The minimum Gasteiger partial charge on any atom is -0.338 e. The molecule has 0 bridgehead atoms. The maximum Gasteiger partial charge on any atom is 0.314 e. The van der Waals surface area contributed by atoms with Crippen LogP contribution in [0.2, 0.25) is 0 Å². The molecule has 4 heteroatoms. The number of hydrogen-bond acceptors (Lipinski definition) is 2. The van der Waals surface area contributed by atoms with E-state index in [2.05, 4.69) is 46.3 Å². The predicted molar refractivity (Wildman–Crippen MR) is 104 cm³/mol. The molecule has 1 aromatic heterocycles. The second-order valence-electron chi connectivity index (χ2n) is 5.84. The Morgan fingerprint density at radius 1 is 0.840 bits per heavy atom. The molecule has 0 aliphatic carbocycles. The fourth-order valence-corrected chi connectivity index (χ4v) is 3.52. The van der Waals surface area contributed by atoms with Gasteiger partial charge < -0.3 is 10.6 Å². The summed E-state index contributed by atoms with van der Waals surface area (Å²) in [5, 5.41) is 8.00. The summed E-state index contributed by atoms with van der Waals surface area (Å²) in [5.41, 5.74) is 2.40. The summed E-state index contributed by atoms with van der Waals surface area (Å²) in [6.45, 7) is 1.21. The Hall–Kier alpha value is -2.59. The van der Waals surface area contributed by atoms with Crippen molar-refractivity contribution in [1.82, 2.24) is 10.6 Å². The van der Waals surface area contributed by atoms with Gasteiger partial charge in [0.15, 0.2) is 0 Å². The van der Waals surface area contributed by atoms with Crippen LogP contribution in [0, 0.1) is 0 Å². The van der Waals surface area contributed by atoms with Crippen molar-refractivity contribution in [3.63, 3.8) is 0 Å². The molecule has 3 aromatic rings. The average Bonchev–Trinajstić information content (AvgIpc) is 3.17. The number of benzene rings is 2. The molecule has 0 aliphatic rings. The van der Waals surface area contributed by atoms with E-state index in [0.717, 1.165) is 6.42 Å². The second-order valence-corrected chi connectivity index (χ2v) is 6.87.